The van der Waals surface area contributed by atoms with Crippen molar-refractivity contribution in [1.29, 1.82) is 0 Å². The van der Waals surface area contributed by atoms with Gasteiger partial charge in [-0.15, -0.1) is 29.9 Å². The highest BCUT2D eigenvalue weighted by Gasteiger charge is 2.33. The summed E-state index contributed by atoms with van der Waals surface area (Å²) in [6, 6.07) is 3.53. The highest BCUT2D eigenvalue weighted by Crippen LogP contribution is 2.25. The highest BCUT2D eigenvalue weighted by atomic mass is 35.5. The molecular formula is C15H27Cl2N5OS. The number of rotatable bonds is 5. The molecule has 9 heteroatoms. The lowest BCUT2D eigenvalue weighted by Crippen LogP contribution is -2.55. The molecule has 1 saturated heterocycles. The normalized spacial score (nSPS) is 16.6. The van der Waals surface area contributed by atoms with E-state index in [2.05, 4.69) is 20.4 Å². The van der Waals surface area contributed by atoms with E-state index in [1.54, 1.807) is 18.0 Å². The number of nitrogens with one attached hydrogen (secondary N) is 1. The number of aromatic nitrogens is 2. The number of nitrogens with two attached hydrogens (primary N) is 1. The van der Waals surface area contributed by atoms with E-state index in [0.717, 1.165) is 31.7 Å². The Balaban J connectivity index is 0.00000264. The minimum atomic E-state index is -0.500. The zero-order valence-corrected chi connectivity index (χ0v) is 16.7. The molecule has 0 aliphatic carbocycles. The molecule has 0 saturated carbocycles. The summed E-state index contributed by atoms with van der Waals surface area (Å²) in [5.74, 6) is 0.838. The Hall–Kier alpha value is -0.760. The van der Waals surface area contributed by atoms with Crippen molar-refractivity contribution in [2.24, 2.45) is 5.73 Å². The predicted octanol–water partition coefficient (Wildman–Crippen LogP) is 1.87. The Labute approximate surface area is 160 Å². The summed E-state index contributed by atoms with van der Waals surface area (Å²) in [7, 11) is 0. The van der Waals surface area contributed by atoms with Crippen LogP contribution in [0.1, 0.15) is 26.7 Å². The van der Waals surface area contributed by atoms with E-state index in [9.17, 15) is 4.79 Å². The fourth-order valence-electron chi connectivity index (χ4n) is 2.45. The van der Waals surface area contributed by atoms with Gasteiger partial charge in [0.05, 0.1) is 6.04 Å². The molecule has 24 heavy (non-hydrogen) atoms. The maximum absolute atomic E-state index is 12.3. The first-order valence-corrected chi connectivity index (χ1v) is 8.80. The Morgan fingerprint density at radius 3 is 2.54 bits per heavy atom. The fourth-order valence-corrected chi connectivity index (χ4v) is 2.81. The first-order valence-electron chi connectivity index (χ1n) is 7.58. The van der Waals surface area contributed by atoms with Crippen molar-refractivity contribution in [3.8, 4) is 0 Å². The SMILES string of the molecule is CSC(C)(C)[C@H](N)C(=O)NC1CCN(c2cccnn2)CC1.Cl.Cl. The van der Waals surface area contributed by atoms with Crippen LogP contribution in [0, 0.1) is 0 Å². The van der Waals surface area contributed by atoms with Gasteiger partial charge in [-0.25, -0.2) is 0 Å². The summed E-state index contributed by atoms with van der Waals surface area (Å²) in [6.45, 7) is 5.73. The van der Waals surface area contributed by atoms with Crippen molar-refractivity contribution in [3.63, 3.8) is 0 Å². The van der Waals surface area contributed by atoms with Gasteiger partial charge in [-0.1, -0.05) is 0 Å². The zero-order valence-electron chi connectivity index (χ0n) is 14.3. The predicted molar refractivity (Wildman–Crippen MR) is 105 cm³/mol. The first-order chi connectivity index (χ1) is 10.4. The van der Waals surface area contributed by atoms with Crippen LogP contribution in [0.2, 0.25) is 0 Å². The van der Waals surface area contributed by atoms with Gasteiger partial charge in [-0.2, -0.15) is 16.9 Å². The Morgan fingerprint density at radius 1 is 1.42 bits per heavy atom. The Morgan fingerprint density at radius 2 is 2.04 bits per heavy atom. The van der Waals surface area contributed by atoms with Gasteiger partial charge in [0.1, 0.15) is 0 Å². The van der Waals surface area contributed by atoms with Crippen molar-refractivity contribution in [2.75, 3.05) is 24.2 Å². The largest absolute Gasteiger partial charge is 0.355 e. The van der Waals surface area contributed by atoms with Crippen LogP contribution in [-0.4, -0.2) is 52.3 Å². The van der Waals surface area contributed by atoms with Crippen LogP contribution in [0.5, 0.6) is 0 Å². The standard InChI is InChI=1S/C15H25N5OS.2ClH/c1-15(2,22-3)13(16)14(21)18-11-6-9-20(10-7-11)12-5-4-8-17-19-12;;/h4-5,8,11,13H,6-7,9-10,16H2,1-3H3,(H,18,21);2*1H/t13-;;/m1../s1. The van der Waals surface area contributed by atoms with Crippen LogP contribution in [0.15, 0.2) is 18.3 Å². The fraction of sp³-hybridized carbons (Fsp3) is 0.667. The third-order valence-electron chi connectivity index (χ3n) is 4.28. The van der Waals surface area contributed by atoms with Crippen LogP contribution < -0.4 is 16.0 Å². The molecule has 1 aromatic rings. The first kappa shape index (κ1) is 23.2. The second-order valence-corrected chi connectivity index (χ2v) is 7.60. The van der Waals surface area contributed by atoms with E-state index in [4.69, 9.17) is 5.73 Å². The topological polar surface area (TPSA) is 84.1 Å². The summed E-state index contributed by atoms with van der Waals surface area (Å²) >= 11 is 1.61. The number of amides is 1. The maximum Gasteiger partial charge on any atom is 0.238 e. The molecular weight excluding hydrogens is 369 g/mol. The Bertz CT molecular complexity index is 498. The van der Waals surface area contributed by atoms with Crippen LogP contribution >= 0.6 is 36.6 Å². The van der Waals surface area contributed by atoms with Gasteiger partial charge in [-0.3, -0.25) is 4.79 Å². The second kappa shape index (κ2) is 10.3. The van der Waals surface area contributed by atoms with Gasteiger partial charge in [0.15, 0.2) is 5.82 Å². The van der Waals surface area contributed by atoms with Gasteiger partial charge in [0, 0.05) is 30.1 Å². The molecule has 0 aromatic carbocycles. The summed E-state index contributed by atoms with van der Waals surface area (Å²) in [4.78, 5) is 14.5. The van der Waals surface area contributed by atoms with Crippen molar-refractivity contribution < 1.29 is 4.79 Å². The number of thioether (sulfide) groups is 1. The number of halogens is 2. The van der Waals surface area contributed by atoms with Crippen LogP contribution in [0.4, 0.5) is 5.82 Å². The number of nitrogens with zero attached hydrogens (tertiary/aromatic N) is 3. The minimum absolute atomic E-state index is 0. The molecule has 1 atom stereocenters. The van der Waals surface area contributed by atoms with Crippen LogP contribution in [0.3, 0.4) is 0 Å². The quantitative estimate of drug-likeness (QED) is 0.791. The summed E-state index contributed by atoms with van der Waals surface area (Å²) in [6.07, 6.45) is 5.45. The van der Waals surface area contributed by atoms with Crippen molar-refractivity contribution in [3.05, 3.63) is 18.3 Å². The van der Waals surface area contributed by atoms with Crippen molar-refractivity contribution >= 4 is 48.3 Å². The molecule has 6 nitrogen and oxygen atoms in total. The third kappa shape index (κ3) is 5.95. The van der Waals surface area contributed by atoms with E-state index < -0.39 is 6.04 Å². The number of carbonyl (C=O) groups is 1. The van der Waals surface area contributed by atoms with Crippen molar-refractivity contribution in [2.45, 2.75) is 43.5 Å². The average molecular weight is 396 g/mol. The van der Waals surface area contributed by atoms with E-state index >= 15 is 0 Å². The summed E-state index contributed by atoms with van der Waals surface area (Å²) < 4.78 is -0.260. The average Bonchev–Trinajstić information content (AvgIpc) is 2.55. The zero-order chi connectivity index (χ0) is 16.2. The van der Waals surface area contributed by atoms with Crippen molar-refractivity contribution in [1.82, 2.24) is 15.5 Å². The third-order valence-corrected chi connectivity index (χ3v) is 5.59. The molecule has 2 rings (SSSR count). The van der Waals surface area contributed by atoms with Gasteiger partial charge < -0.3 is 16.0 Å². The molecule has 2 heterocycles. The summed E-state index contributed by atoms with van der Waals surface area (Å²) in [5.41, 5.74) is 6.08. The Kier molecular flexibility index (Phi) is 9.96. The molecule has 3 N–H and O–H groups in total. The second-order valence-electron chi connectivity index (χ2n) is 6.14. The highest BCUT2D eigenvalue weighted by molar-refractivity contribution is 8.00. The van der Waals surface area contributed by atoms with E-state index in [-0.39, 0.29) is 41.5 Å². The van der Waals surface area contributed by atoms with E-state index in [1.165, 1.54) is 0 Å². The molecule has 0 spiro atoms. The molecule has 1 fully saturated rings. The molecule has 138 valence electrons. The van der Waals surface area contributed by atoms with Crippen LogP contribution in [0.25, 0.3) is 0 Å². The molecule has 0 radical (unpaired) electrons. The smallest absolute Gasteiger partial charge is 0.238 e. The number of hydrogen-bond acceptors (Lipinski definition) is 6. The lowest BCUT2D eigenvalue weighted by atomic mass is 10.0. The van der Waals surface area contributed by atoms with Gasteiger partial charge in [0.2, 0.25) is 5.91 Å². The minimum Gasteiger partial charge on any atom is -0.355 e. The van der Waals surface area contributed by atoms with Gasteiger partial charge in [-0.05, 0) is 45.1 Å². The molecule has 1 aliphatic rings. The monoisotopic (exact) mass is 395 g/mol. The van der Waals surface area contributed by atoms with Crippen LogP contribution in [-0.2, 0) is 4.79 Å². The lowest BCUT2D eigenvalue weighted by molar-refractivity contribution is -0.123. The molecule has 1 aliphatic heterocycles. The number of carbonyl (C=O) groups excluding carboxylic acids is 1. The van der Waals surface area contributed by atoms with Gasteiger partial charge >= 0.3 is 0 Å². The molecule has 1 amide bonds. The number of piperidine rings is 1. The molecule has 0 bridgehead atoms. The molecule has 1 aromatic heterocycles. The van der Waals surface area contributed by atoms with E-state index in [0.29, 0.717) is 0 Å². The van der Waals surface area contributed by atoms with E-state index in [1.807, 2.05) is 32.2 Å². The molecule has 0 unspecified atom stereocenters. The summed E-state index contributed by atoms with van der Waals surface area (Å²) in [5, 5.41) is 11.1. The van der Waals surface area contributed by atoms with Gasteiger partial charge in [0.25, 0.3) is 0 Å². The maximum atomic E-state index is 12.3. The number of hydrogen-bond donors (Lipinski definition) is 2. The number of anilines is 1. The lowest BCUT2D eigenvalue weighted by Gasteiger charge is -2.35.